The number of halogens is 1. The number of nitrogens with zero attached hydrogens (tertiary/aromatic N) is 4. The summed E-state index contributed by atoms with van der Waals surface area (Å²) in [6.07, 6.45) is 2.92. The van der Waals surface area contributed by atoms with Crippen LogP contribution in [0, 0.1) is 5.92 Å². The second-order valence-corrected chi connectivity index (χ2v) is 8.97. The second-order valence-electron chi connectivity index (χ2n) is 7.04. The van der Waals surface area contributed by atoms with E-state index >= 15 is 0 Å². The van der Waals surface area contributed by atoms with Crippen LogP contribution in [0.3, 0.4) is 0 Å². The molecule has 2 aromatic heterocycles. The van der Waals surface area contributed by atoms with Gasteiger partial charge in [-0.1, -0.05) is 39.5 Å². The molecule has 1 amide bonds. The van der Waals surface area contributed by atoms with Crippen LogP contribution in [0.25, 0.3) is 11.0 Å². The molecule has 2 heterocycles. The smallest absolute Gasteiger partial charge is 0.220 e. The Hall–Kier alpha value is -1.54. The third-order valence-electron chi connectivity index (χ3n) is 3.68. The van der Waals surface area contributed by atoms with Gasteiger partial charge < -0.3 is 10.6 Å². The number of hydrogen-bond donors (Lipinski definition) is 2. The fourth-order valence-electron chi connectivity index (χ4n) is 2.42. The van der Waals surface area contributed by atoms with Gasteiger partial charge >= 0.3 is 0 Å². The number of nitrogens with one attached hydrogen (secondary N) is 2. The van der Waals surface area contributed by atoms with Crippen molar-refractivity contribution in [3.8, 4) is 0 Å². The monoisotopic (exact) mass is 412 g/mol. The standard InChI is InChI=1S/C18H29ClN6OS/c1-12(2)10-21-16-14-11-22-25(9-8-20-15(26)6-5-7-19)17(14)24-18(23-16)27-13(3)4/h11-13H,5-10H2,1-4H3,(H,20,26)(H,21,23,24). The molecular weight excluding hydrogens is 384 g/mol. The molecule has 7 nitrogen and oxygen atoms in total. The molecule has 0 spiro atoms. The Morgan fingerprint density at radius 1 is 1.30 bits per heavy atom. The first-order chi connectivity index (χ1) is 12.9. The summed E-state index contributed by atoms with van der Waals surface area (Å²) in [7, 11) is 0. The van der Waals surface area contributed by atoms with Gasteiger partial charge in [0.1, 0.15) is 5.82 Å². The van der Waals surface area contributed by atoms with Crippen molar-refractivity contribution < 1.29 is 4.79 Å². The van der Waals surface area contributed by atoms with Crippen LogP contribution in [0.4, 0.5) is 5.82 Å². The van der Waals surface area contributed by atoms with E-state index in [9.17, 15) is 4.79 Å². The first-order valence-electron chi connectivity index (χ1n) is 9.37. The Morgan fingerprint density at radius 2 is 2.07 bits per heavy atom. The maximum atomic E-state index is 11.7. The number of alkyl halides is 1. The molecule has 9 heteroatoms. The van der Waals surface area contributed by atoms with Gasteiger partial charge in [0.15, 0.2) is 10.8 Å². The predicted octanol–water partition coefficient (Wildman–Crippen LogP) is 3.53. The zero-order chi connectivity index (χ0) is 19.8. The number of anilines is 1. The van der Waals surface area contributed by atoms with E-state index < -0.39 is 0 Å². The highest BCUT2D eigenvalue weighted by atomic mass is 35.5. The van der Waals surface area contributed by atoms with Gasteiger partial charge in [0, 0.05) is 30.6 Å². The minimum Gasteiger partial charge on any atom is -0.369 e. The number of thioether (sulfide) groups is 1. The molecule has 0 aliphatic carbocycles. The highest BCUT2D eigenvalue weighted by molar-refractivity contribution is 7.99. The zero-order valence-corrected chi connectivity index (χ0v) is 18.0. The van der Waals surface area contributed by atoms with Crippen molar-refractivity contribution in [2.75, 3.05) is 24.3 Å². The number of fused-ring (bicyclic) bond motifs is 1. The van der Waals surface area contributed by atoms with Crippen LogP contribution in [0.1, 0.15) is 40.5 Å². The molecule has 0 fully saturated rings. The van der Waals surface area contributed by atoms with E-state index in [0.29, 0.717) is 43.0 Å². The fraction of sp³-hybridized carbons (Fsp3) is 0.667. The number of carbonyl (C=O) groups excluding carboxylic acids is 1. The lowest BCUT2D eigenvalue weighted by molar-refractivity contribution is -0.121. The summed E-state index contributed by atoms with van der Waals surface area (Å²) in [5.41, 5.74) is 0.786. The van der Waals surface area contributed by atoms with Crippen LogP contribution < -0.4 is 10.6 Å². The Balaban J connectivity index is 2.16. The third kappa shape index (κ3) is 6.84. The summed E-state index contributed by atoms with van der Waals surface area (Å²) in [4.78, 5) is 21.1. The minimum absolute atomic E-state index is 0.0112. The Kier molecular flexibility index (Phi) is 8.63. The average molecular weight is 413 g/mol. The molecule has 150 valence electrons. The Morgan fingerprint density at radius 3 is 2.74 bits per heavy atom. The molecule has 0 bridgehead atoms. The van der Waals surface area contributed by atoms with Gasteiger partial charge in [0.05, 0.1) is 18.1 Å². The predicted molar refractivity (Wildman–Crippen MR) is 113 cm³/mol. The van der Waals surface area contributed by atoms with Crippen LogP contribution in [-0.4, -0.2) is 49.9 Å². The summed E-state index contributed by atoms with van der Waals surface area (Å²) in [5.74, 6) is 1.83. The second kappa shape index (κ2) is 10.7. The largest absolute Gasteiger partial charge is 0.369 e. The van der Waals surface area contributed by atoms with Crippen molar-refractivity contribution in [3.63, 3.8) is 0 Å². The highest BCUT2D eigenvalue weighted by Gasteiger charge is 2.14. The summed E-state index contributed by atoms with van der Waals surface area (Å²) < 4.78 is 1.82. The molecule has 0 saturated carbocycles. The van der Waals surface area contributed by atoms with E-state index in [0.717, 1.165) is 28.6 Å². The number of hydrogen-bond acceptors (Lipinski definition) is 6. The molecule has 27 heavy (non-hydrogen) atoms. The fourth-order valence-corrected chi connectivity index (χ4v) is 3.25. The molecule has 0 aliphatic heterocycles. The average Bonchev–Trinajstić information content (AvgIpc) is 3.00. The van der Waals surface area contributed by atoms with Crippen molar-refractivity contribution in [1.82, 2.24) is 25.1 Å². The summed E-state index contributed by atoms with van der Waals surface area (Å²) in [6, 6.07) is 0. The lowest BCUT2D eigenvalue weighted by Gasteiger charge is -2.12. The highest BCUT2D eigenvalue weighted by Crippen LogP contribution is 2.26. The first-order valence-corrected chi connectivity index (χ1v) is 10.8. The molecule has 2 rings (SSSR count). The van der Waals surface area contributed by atoms with Gasteiger partial charge in [-0.25, -0.2) is 14.6 Å². The SMILES string of the molecule is CC(C)CNc1nc(SC(C)C)nc2c1cnn2CCNC(=O)CCCCl. The van der Waals surface area contributed by atoms with E-state index in [4.69, 9.17) is 16.6 Å². The van der Waals surface area contributed by atoms with Gasteiger partial charge in [-0.15, -0.1) is 11.6 Å². The number of carbonyl (C=O) groups is 1. The van der Waals surface area contributed by atoms with Crippen molar-refractivity contribution in [2.24, 2.45) is 5.92 Å². The number of aromatic nitrogens is 4. The lowest BCUT2D eigenvalue weighted by atomic mass is 10.2. The van der Waals surface area contributed by atoms with Crippen molar-refractivity contribution in [3.05, 3.63) is 6.20 Å². The van der Waals surface area contributed by atoms with Crippen molar-refractivity contribution >= 4 is 46.1 Å². The van der Waals surface area contributed by atoms with Crippen LogP contribution in [-0.2, 0) is 11.3 Å². The van der Waals surface area contributed by atoms with Gasteiger partial charge in [0.25, 0.3) is 0 Å². The number of rotatable bonds is 11. The van der Waals surface area contributed by atoms with Crippen LogP contribution in [0.5, 0.6) is 0 Å². The lowest BCUT2D eigenvalue weighted by Crippen LogP contribution is -2.27. The van der Waals surface area contributed by atoms with Crippen LogP contribution in [0.2, 0.25) is 0 Å². The Bertz CT molecular complexity index is 749. The molecule has 2 N–H and O–H groups in total. The Labute approximate surface area is 170 Å². The van der Waals surface area contributed by atoms with Crippen LogP contribution >= 0.6 is 23.4 Å². The van der Waals surface area contributed by atoms with Crippen LogP contribution in [0.15, 0.2) is 11.4 Å². The molecule has 0 unspecified atom stereocenters. The molecule has 0 radical (unpaired) electrons. The van der Waals surface area contributed by atoms with Gasteiger partial charge in [-0.3, -0.25) is 4.79 Å². The quantitative estimate of drug-likeness (QED) is 0.333. The van der Waals surface area contributed by atoms with E-state index in [2.05, 4.69) is 48.4 Å². The van der Waals surface area contributed by atoms with Gasteiger partial charge in [0.2, 0.25) is 5.91 Å². The number of amides is 1. The topological polar surface area (TPSA) is 84.7 Å². The molecule has 0 saturated heterocycles. The molecule has 0 aliphatic rings. The van der Waals surface area contributed by atoms with E-state index in [1.165, 1.54) is 0 Å². The molecule has 0 aromatic carbocycles. The van der Waals surface area contributed by atoms with E-state index in [1.807, 2.05) is 4.68 Å². The molecule has 2 aromatic rings. The van der Waals surface area contributed by atoms with Gasteiger partial charge in [-0.05, 0) is 12.3 Å². The zero-order valence-electron chi connectivity index (χ0n) is 16.5. The summed E-state index contributed by atoms with van der Waals surface area (Å²) >= 11 is 7.25. The van der Waals surface area contributed by atoms with E-state index in [1.54, 1.807) is 18.0 Å². The summed E-state index contributed by atoms with van der Waals surface area (Å²) in [6.45, 7) is 10.4. The van der Waals surface area contributed by atoms with E-state index in [-0.39, 0.29) is 5.91 Å². The first kappa shape index (κ1) is 21.8. The molecular formula is C18H29ClN6OS. The minimum atomic E-state index is 0.0112. The van der Waals surface area contributed by atoms with Crippen molar-refractivity contribution in [2.45, 2.75) is 57.5 Å². The normalized spacial score (nSPS) is 11.5. The summed E-state index contributed by atoms with van der Waals surface area (Å²) in [5, 5.41) is 12.8. The van der Waals surface area contributed by atoms with Gasteiger partial charge in [-0.2, -0.15) is 5.10 Å². The van der Waals surface area contributed by atoms with Crippen molar-refractivity contribution in [1.29, 1.82) is 0 Å². The molecule has 0 atom stereocenters. The maximum absolute atomic E-state index is 11.7. The maximum Gasteiger partial charge on any atom is 0.220 e. The third-order valence-corrected chi connectivity index (χ3v) is 4.81.